The van der Waals surface area contributed by atoms with Gasteiger partial charge in [-0.15, -0.1) is 0 Å². The summed E-state index contributed by atoms with van der Waals surface area (Å²) in [6.45, 7) is 0.399. The third-order valence-corrected chi connectivity index (χ3v) is 4.31. The molecule has 0 unspecified atom stereocenters. The molecule has 0 fully saturated rings. The molecule has 0 aliphatic rings. The van der Waals surface area contributed by atoms with Crippen LogP contribution in [0.1, 0.15) is 11.3 Å². The van der Waals surface area contributed by atoms with Gasteiger partial charge in [-0.05, 0) is 23.8 Å². The minimum Gasteiger partial charge on any atom is -0.447 e. The van der Waals surface area contributed by atoms with E-state index in [1.165, 1.54) is 17.4 Å². The molecule has 19 heavy (non-hydrogen) atoms. The second-order valence-electron chi connectivity index (χ2n) is 4.05. The van der Waals surface area contributed by atoms with Crippen LogP contribution in [0, 0.1) is 0 Å². The van der Waals surface area contributed by atoms with E-state index in [0.29, 0.717) is 5.76 Å². The second kappa shape index (κ2) is 5.52. The monoisotopic (exact) mass is 281 g/mol. The van der Waals surface area contributed by atoms with Gasteiger partial charge in [0.2, 0.25) is 5.09 Å². The largest absolute Gasteiger partial charge is 0.447 e. The first kappa shape index (κ1) is 13.7. The zero-order valence-corrected chi connectivity index (χ0v) is 11.3. The fourth-order valence-corrected chi connectivity index (χ4v) is 2.67. The van der Waals surface area contributed by atoms with Gasteiger partial charge in [-0.2, -0.15) is 4.31 Å². The quantitative estimate of drug-likeness (QED) is 0.881. The van der Waals surface area contributed by atoms with Crippen molar-refractivity contribution in [3.05, 3.63) is 48.0 Å². The molecule has 2 rings (SSSR count). The van der Waals surface area contributed by atoms with Crippen molar-refractivity contribution in [2.45, 2.75) is 18.2 Å². The lowest BCUT2D eigenvalue weighted by molar-refractivity contribution is 0.387. The van der Waals surface area contributed by atoms with E-state index in [4.69, 9.17) is 10.2 Å². The summed E-state index contributed by atoms with van der Waals surface area (Å²) >= 11 is 0. The van der Waals surface area contributed by atoms with Crippen LogP contribution in [0.5, 0.6) is 0 Å². The van der Waals surface area contributed by atoms with Gasteiger partial charge in [0.05, 0.1) is 6.54 Å². The Bertz CT molecular complexity index is 637. The molecule has 2 aromatic heterocycles. The van der Waals surface area contributed by atoms with Gasteiger partial charge in [-0.25, -0.2) is 8.42 Å². The molecule has 0 radical (unpaired) electrons. The third kappa shape index (κ3) is 3.01. The molecule has 0 amide bonds. The Labute approximate surface area is 111 Å². The number of nitrogens with zero attached hydrogens (tertiary/aromatic N) is 2. The standard InChI is InChI=1S/C12H15N3O3S/c1-15(9-10-3-2-6-14-8-10)19(16,17)12-5-4-11(7-13)18-12/h2-6,8H,7,9,13H2,1H3. The fraction of sp³-hybridized carbons (Fsp3) is 0.250. The maximum absolute atomic E-state index is 12.2. The highest BCUT2D eigenvalue weighted by Crippen LogP contribution is 2.19. The highest BCUT2D eigenvalue weighted by Gasteiger charge is 2.24. The summed E-state index contributed by atoms with van der Waals surface area (Å²) in [4.78, 5) is 3.95. The molecule has 2 aromatic rings. The molecule has 2 heterocycles. The van der Waals surface area contributed by atoms with Crippen molar-refractivity contribution >= 4 is 10.0 Å². The predicted octanol–water partition coefficient (Wildman–Crippen LogP) is 0.954. The number of nitrogens with two attached hydrogens (primary N) is 1. The predicted molar refractivity (Wildman–Crippen MR) is 69.5 cm³/mol. The van der Waals surface area contributed by atoms with E-state index in [9.17, 15) is 8.42 Å². The Morgan fingerprint density at radius 1 is 1.37 bits per heavy atom. The van der Waals surface area contributed by atoms with Crippen molar-refractivity contribution in [2.24, 2.45) is 5.73 Å². The van der Waals surface area contributed by atoms with Crippen molar-refractivity contribution in [3.63, 3.8) is 0 Å². The molecule has 0 saturated heterocycles. The summed E-state index contributed by atoms with van der Waals surface area (Å²) in [5, 5.41) is -0.0978. The number of furan rings is 1. The van der Waals surface area contributed by atoms with E-state index in [0.717, 1.165) is 5.56 Å². The number of aromatic nitrogens is 1. The molecule has 2 N–H and O–H groups in total. The lowest BCUT2D eigenvalue weighted by atomic mass is 10.3. The van der Waals surface area contributed by atoms with Gasteiger partial charge in [0.1, 0.15) is 5.76 Å². The van der Waals surface area contributed by atoms with Crippen LogP contribution in [-0.2, 0) is 23.1 Å². The van der Waals surface area contributed by atoms with Crippen LogP contribution in [0.25, 0.3) is 0 Å². The summed E-state index contributed by atoms with van der Waals surface area (Å²) < 4.78 is 30.9. The summed E-state index contributed by atoms with van der Waals surface area (Å²) in [5.74, 6) is 0.438. The van der Waals surface area contributed by atoms with Gasteiger partial charge in [0, 0.05) is 26.0 Å². The molecule has 102 valence electrons. The normalized spacial score (nSPS) is 11.9. The summed E-state index contributed by atoms with van der Waals surface area (Å²) in [6, 6.07) is 6.55. The fourth-order valence-electron chi connectivity index (χ4n) is 1.59. The Kier molecular flexibility index (Phi) is 3.98. The molecule has 0 bridgehead atoms. The van der Waals surface area contributed by atoms with Crippen molar-refractivity contribution in [3.8, 4) is 0 Å². The van der Waals surface area contributed by atoms with E-state index in [2.05, 4.69) is 4.98 Å². The average Bonchev–Trinajstić information content (AvgIpc) is 2.89. The van der Waals surface area contributed by atoms with Gasteiger partial charge in [0.15, 0.2) is 0 Å². The van der Waals surface area contributed by atoms with Crippen LogP contribution < -0.4 is 5.73 Å². The SMILES string of the molecule is CN(Cc1cccnc1)S(=O)(=O)c1ccc(CN)o1. The van der Waals surface area contributed by atoms with Crippen LogP contribution in [0.3, 0.4) is 0 Å². The van der Waals surface area contributed by atoms with Gasteiger partial charge >= 0.3 is 0 Å². The molecule has 6 nitrogen and oxygen atoms in total. The van der Waals surface area contributed by atoms with Gasteiger partial charge in [-0.1, -0.05) is 6.07 Å². The zero-order chi connectivity index (χ0) is 13.9. The summed E-state index contributed by atoms with van der Waals surface area (Å²) in [5.41, 5.74) is 6.20. The molecule has 0 spiro atoms. The Hall–Kier alpha value is -1.70. The lowest BCUT2D eigenvalue weighted by Gasteiger charge is -2.15. The van der Waals surface area contributed by atoms with Gasteiger partial charge < -0.3 is 10.2 Å². The summed E-state index contributed by atoms with van der Waals surface area (Å²) in [7, 11) is -2.15. The van der Waals surface area contributed by atoms with Crippen LogP contribution in [0.4, 0.5) is 0 Å². The first-order chi connectivity index (χ1) is 9.04. The highest BCUT2D eigenvalue weighted by atomic mass is 32.2. The van der Waals surface area contributed by atoms with Crippen LogP contribution in [0.2, 0.25) is 0 Å². The van der Waals surface area contributed by atoms with Crippen LogP contribution in [0.15, 0.2) is 46.2 Å². The molecular weight excluding hydrogens is 266 g/mol. The third-order valence-electron chi connectivity index (χ3n) is 2.63. The molecule has 0 aromatic carbocycles. The van der Waals surface area contributed by atoms with E-state index < -0.39 is 10.0 Å². The minimum absolute atomic E-state index is 0.0978. The first-order valence-electron chi connectivity index (χ1n) is 5.68. The van der Waals surface area contributed by atoms with Gasteiger partial charge in [-0.3, -0.25) is 4.98 Å². The van der Waals surface area contributed by atoms with Crippen molar-refractivity contribution < 1.29 is 12.8 Å². The van der Waals surface area contributed by atoms with Crippen molar-refractivity contribution in [1.29, 1.82) is 0 Å². The Balaban J connectivity index is 2.19. The topological polar surface area (TPSA) is 89.4 Å². The van der Waals surface area contributed by atoms with E-state index in [-0.39, 0.29) is 18.2 Å². The highest BCUT2D eigenvalue weighted by molar-refractivity contribution is 7.88. The van der Waals surface area contributed by atoms with E-state index in [1.807, 2.05) is 6.07 Å². The smallest absolute Gasteiger partial charge is 0.276 e. The van der Waals surface area contributed by atoms with E-state index in [1.54, 1.807) is 24.5 Å². The molecule has 0 aliphatic heterocycles. The lowest BCUT2D eigenvalue weighted by Crippen LogP contribution is -2.26. The molecule has 7 heteroatoms. The van der Waals surface area contributed by atoms with Crippen molar-refractivity contribution in [1.82, 2.24) is 9.29 Å². The molecule has 0 saturated carbocycles. The zero-order valence-electron chi connectivity index (χ0n) is 10.5. The van der Waals surface area contributed by atoms with Crippen LogP contribution >= 0.6 is 0 Å². The summed E-state index contributed by atoms with van der Waals surface area (Å²) in [6.07, 6.45) is 3.26. The van der Waals surface area contributed by atoms with E-state index >= 15 is 0 Å². The van der Waals surface area contributed by atoms with Gasteiger partial charge in [0.25, 0.3) is 10.0 Å². The Morgan fingerprint density at radius 3 is 2.74 bits per heavy atom. The number of hydrogen-bond donors (Lipinski definition) is 1. The average molecular weight is 281 g/mol. The van der Waals surface area contributed by atoms with Crippen LogP contribution in [-0.4, -0.2) is 24.8 Å². The first-order valence-corrected chi connectivity index (χ1v) is 7.12. The maximum atomic E-state index is 12.2. The molecular formula is C12H15N3O3S. The molecule has 0 aliphatic carbocycles. The minimum atomic E-state index is -3.64. The van der Waals surface area contributed by atoms with Crippen molar-refractivity contribution in [2.75, 3.05) is 7.05 Å². The number of pyridine rings is 1. The number of rotatable bonds is 5. The Morgan fingerprint density at radius 2 is 2.16 bits per heavy atom. The number of sulfonamides is 1. The maximum Gasteiger partial charge on any atom is 0.276 e. The number of hydrogen-bond acceptors (Lipinski definition) is 5. The second-order valence-corrected chi connectivity index (χ2v) is 6.02. The molecule has 0 atom stereocenters.